The van der Waals surface area contributed by atoms with Gasteiger partial charge in [0.1, 0.15) is 6.61 Å². The molecule has 20 heavy (non-hydrogen) atoms. The minimum Gasteiger partial charge on any atom is -0.372 e. The fourth-order valence-electron chi connectivity index (χ4n) is 1.40. The van der Waals surface area contributed by atoms with Crippen molar-refractivity contribution in [1.29, 1.82) is 0 Å². The van der Waals surface area contributed by atoms with Gasteiger partial charge in [-0.05, 0) is 27.2 Å². The Labute approximate surface area is 116 Å². The lowest BCUT2D eigenvalue weighted by molar-refractivity contribution is -0.174. The first-order valence-electron chi connectivity index (χ1n) is 6.44. The zero-order valence-corrected chi connectivity index (χ0v) is 12.0. The van der Waals surface area contributed by atoms with Gasteiger partial charge in [0.25, 0.3) is 0 Å². The summed E-state index contributed by atoms with van der Waals surface area (Å²) in [5, 5.41) is 11.2. The van der Waals surface area contributed by atoms with Crippen LogP contribution in [0.15, 0.2) is 6.20 Å². The quantitative estimate of drug-likeness (QED) is 0.783. The highest BCUT2D eigenvalue weighted by Crippen LogP contribution is 2.14. The number of halogens is 3. The molecule has 1 rings (SSSR count). The van der Waals surface area contributed by atoms with Crippen molar-refractivity contribution >= 4 is 0 Å². The van der Waals surface area contributed by atoms with E-state index in [4.69, 9.17) is 0 Å². The third kappa shape index (κ3) is 8.11. The molecule has 0 saturated carbocycles. The fraction of sp³-hybridized carbons (Fsp3) is 0.833. The zero-order valence-electron chi connectivity index (χ0n) is 12.0. The Bertz CT molecular complexity index is 398. The number of ether oxygens (including phenoxy) is 1. The summed E-state index contributed by atoms with van der Waals surface area (Å²) in [6.07, 6.45) is -2.02. The monoisotopic (exact) mass is 294 g/mol. The van der Waals surface area contributed by atoms with Gasteiger partial charge in [0, 0.05) is 31.4 Å². The molecule has 0 aliphatic carbocycles. The van der Waals surface area contributed by atoms with Crippen LogP contribution in [0.5, 0.6) is 0 Å². The van der Waals surface area contributed by atoms with Crippen LogP contribution in [0.3, 0.4) is 0 Å². The molecular formula is C12H21F3N4O. The maximum absolute atomic E-state index is 11.8. The Morgan fingerprint density at radius 3 is 2.60 bits per heavy atom. The molecular weight excluding hydrogens is 273 g/mol. The van der Waals surface area contributed by atoms with Crippen molar-refractivity contribution in [2.24, 2.45) is 0 Å². The molecule has 0 spiro atoms. The summed E-state index contributed by atoms with van der Waals surface area (Å²) in [5.74, 6) is 0. The summed E-state index contributed by atoms with van der Waals surface area (Å²) < 4.78 is 41.6. The molecule has 0 bridgehead atoms. The first-order valence-corrected chi connectivity index (χ1v) is 6.44. The van der Waals surface area contributed by atoms with E-state index in [2.05, 4.69) is 41.1 Å². The smallest absolute Gasteiger partial charge is 0.372 e. The molecule has 0 aliphatic heterocycles. The second-order valence-electron chi connectivity index (χ2n) is 5.60. The lowest BCUT2D eigenvalue weighted by Gasteiger charge is -2.19. The molecule has 116 valence electrons. The molecule has 5 nitrogen and oxygen atoms in total. The van der Waals surface area contributed by atoms with Gasteiger partial charge in [0.15, 0.2) is 0 Å². The molecule has 1 aromatic rings. The highest BCUT2D eigenvalue weighted by molar-refractivity contribution is 4.92. The Morgan fingerprint density at radius 2 is 2.00 bits per heavy atom. The second-order valence-corrected chi connectivity index (χ2v) is 5.60. The Hall–Kier alpha value is -1.15. The first-order chi connectivity index (χ1) is 9.16. The SMILES string of the molecule is CC(C)(C)NCc1cn(CCCOCC(F)(F)F)nn1. The predicted octanol–water partition coefficient (Wildman–Crippen LogP) is 2.14. The molecule has 1 heterocycles. The van der Waals surface area contributed by atoms with Gasteiger partial charge in [-0.3, -0.25) is 4.68 Å². The maximum atomic E-state index is 11.8. The van der Waals surface area contributed by atoms with Crippen LogP contribution < -0.4 is 5.32 Å². The molecule has 0 saturated heterocycles. The standard InChI is InChI=1S/C12H21F3N4O/c1-11(2,3)16-7-10-8-19(18-17-10)5-4-6-20-9-12(13,14)15/h8,16H,4-7,9H2,1-3H3. The van der Waals surface area contributed by atoms with E-state index < -0.39 is 12.8 Å². The fourth-order valence-corrected chi connectivity index (χ4v) is 1.40. The third-order valence-corrected chi connectivity index (χ3v) is 2.33. The summed E-state index contributed by atoms with van der Waals surface area (Å²) in [6, 6.07) is 0. The lowest BCUT2D eigenvalue weighted by Crippen LogP contribution is -2.35. The number of nitrogens with zero attached hydrogens (tertiary/aromatic N) is 3. The van der Waals surface area contributed by atoms with Gasteiger partial charge in [-0.25, -0.2) is 0 Å². The highest BCUT2D eigenvalue weighted by atomic mass is 19.4. The van der Waals surface area contributed by atoms with E-state index in [-0.39, 0.29) is 12.1 Å². The normalized spacial score (nSPS) is 12.9. The van der Waals surface area contributed by atoms with Crippen LogP contribution in [0, 0.1) is 0 Å². The van der Waals surface area contributed by atoms with Crippen LogP contribution in [0.1, 0.15) is 32.9 Å². The first kappa shape index (κ1) is 16.9. The van der Waals surface area contributed by atoms with Crippen molar-refractivity contribution in [2.45, 2.75) is 52.0 Å². The Morgan fingerprint density at radius 1 is 1.30 bits per heavy atom. The van der Waals surface area contributed by atoms with Crippen molar-refractivity contribution in [3.63, 3.8) is 0 Å². The molecule has 0 fully saturated rings. The van der Waals surface area contributed by atoms with Crippen molar-refractivity contribution in [1.82, 2.24) is 20.3 Å². The minimum atomic E-state index is -4.26. The average Bonchev–Trinajstić information content (AvgIpc) is 2.71. The van der Waals surface area contributed by atoms with E-state index in [9.17, 15) is 13.2 Å². The lowest BCUT2D eigenvalue weighted by atomic mass is 10.1. The van der Waals surface area contributed by atoms with Crippen molar-refractivity contribution in [3.8, 4) is 0 Å². The van der Waals surface area contributed by atoms with Crippen LogP contribution in [-0.2, 0) is 17.8 Å². The highest BCUT2D eigenvalue weighted by Gasteiger charge is 2.27. The van der Waals surface area contributed by atoms with Crippen LogP contribution in [0.25, 0.3) is 0 Å². The van der Waals surface area contributed by atoms with Gasteiger partial charge in [-0.1, -0.05) is 5.21 Å². The van der Waals surface area contributed by atoms with Gasteiger partial charge in [0.05, 0.1) is 5.69 Å². The molecule has 0 aromatic carbocycles. The van der Waals surface area contributed by atoms with E-state index in [1.807, 2.05) is 0 Å². The number of hydrogen-bond acceptors (Lipinski definition) is 4. The molecule has 0 radical (unpaired) electrons. The molecule has 0 amide bonds. The van der Waals surface area contributed by atoms with Gasteiger partial charge in [-0.2, -0.15) is 13.2 Å². The van der Waals surface area contributed by atoms with Crippen LogP contribution in [-0.4, -0.2) is 39.9 Å². The third-order valence-electron chi connectivity index (χ3n) is 2.33. The number of rotatable bonds is 7. The minimum absolute atomic E-state index is 0.00475. The zero-order chi connectivity index (χ0) is 15.2. The van der Waals surface area contributed by atoms with E-state index >= 15 is 0 Å². The number of aryl methyl sites for hydroxylation is 1. The van der Waals surface area contributed by atoms with Crippen molar-refractivity contribution < 1.29 is 17.9 Å². The van der Waals surface area contributed by atoms with Crippen molar-refractivity contribution in [2.75, 3.05) is 13.2 Å². The number of nitrogens with one attached hydrogen (secondary N) is 1. The predicted molar refractivity (Wildman–Crippen MR) is 68.1 cm³/mol. The summed E-state index contributed by atoms with van der Waals surface area (Å²) in [7, 11) is 0. The molecule has 1 N–H and O–H groups in total. The molecule has 0 atom stereocenters. The summed E-state index contributed by atoms with van der Waals surface area (Å²) >= 11 is 0. The molecule has 1 aromatic heterocycles. The van der Waals surface area contributed by atoms with E-state index in [1.165, 1.54) is 0 Å². The number of aromatic nitrogens is 3. The average molecular weight is 294 g/mol. The summed E-state index contributed by atoms with van der Waals surface area (Å²) in [4.78, 5) is 0. The van der Waals surface area contributed by atoms with Gasteiger partial charge in [0.2, 0.25) is 0 Å². The Kier molecular flexibility index (Phi) is 5.94. The van der Waals surface area contributed by atoms with Gasteiger partial charge < -0.3 is 10.1 Å². The van der Waals surface area contributed by atoms with Crippen molar-refractivity contribution in [3.05, 3.63) is 11.9 Å². The van der Waals surface area contributed by atoms with Gasteiger partial charge >= 0.3 is 6.18 Å². The molecule has 0 unspecified atom stereocenters. The number of hydrogen-bond donors (Lipinski definition) is 1. The van der Waals surface area contributed by atoms with E-state index in [1.54, 1.807) is 10.9 Å². The van der Waals surface area contributed by atoms with Gasteiger partial charge in [-0.15, -0.1) is 5.10 Å². The van der Waals surface area contributed by atoms with Crippen LogP contribution in [0.4, 0.5) is 13.2 Å². The Balaban J connectivity index is 2.20. The van der Waals surface area contributed by atoms with Crippen LogP contribution >= 0.6 is 0 Å². The summed E-state index contributed by atoms with van der Waals surface area (Å²) in [5.41, 5.74) is 0.797. The maximum Gasteiger partial charge on any atom is 0.411 e. The van der Waals surface area contributed by atoms with E-state index in [0.717, 1.165) is 5.69 Å². The summed E-state index contributed by atoms with van der Waals surface area (Å²) in [6.45, 7) is 6.09. The van der Waals surface area contributed by atoms with E-state index in [0.29, 0.717) is 19.5 Å². The molecule has 0 aliphatic rings. The molecule has 8 heteroatoms. The second kappa shape index (κ2) is 7.03. The largest absolute Gasteiger partial charge is 0.411 e. The topological polar surface area (TPSA) is 52.0 Å². The number of alkyl halides is 3. The van der Waals surface area contributed by atoms with Crippen LogP contribution in [0.2, 0.25) is 0 Å².